The molecule has 76 valence electrons. The summed E-state index contributed by atoms with van der Waals surface area (Å²) in [4.78, 5) is -0.0759. The van der Waals surface area contributed by atoms with Gasteiger partial charge in [0.15, 0.2) is 10.7 Å². The van der Waals surface area contributed by atoms with Crippen LogP contribution in [0.2, 0.25) is 0 Å². The van der Waals surface area contributed by atoms with E-state index in [1.54, 1.807) is 0 Å². The van der Waals surface area contributed by atoms with Crippen LogP contribution in [0.4, 0.5) is 13.2 Å². The first kappa shape index (κ1) is 11.1. The Morgan fingerprint density at radius 2 is 1.79 bits per heavy atom. The second-order valence-corrected chi connectivity index (χ2v) is 3.75. The van der Waals surface area contributed by atoms with Crippen molar-refractivity contribution in [3.63, 3.8) is 0 Å². The molecule has 0 saturated heterocycles. The van der Waals surface area contributed by atoms with Crippen molar-refractivity contribution in [3.05, 3.63) is 23.8 Å². The molecular formula is C7H6BF3O2S. The standard InChI is InChI=1S/C7H6BF3O2S/c8-5-3-4(7(9,10)11)1-2-6(5)14(12)13/h1-3,14H,8H2. The molecule has 0 N–H and O–H groups in total. The zero-order valence-electron chi connectivity index (χ0n) is 7.13. The van der Waals surface area contributed by atoms with E-state index in [4.69, 9.17) is 0 Å². The highest BCUT2D eigenvalue weighted by molar-refractivity contribution is 7.72. The van der Waals surface area contributed by atoms with Crippen molar-refractivity contribution in [1.29, 1.82) is 0 Å². The summed E-state index contributed by atoms with van der Waals surface area (Å²) >= 11 is 0. The number of alkyl halides is 3. The Kier molecular flexibility index (Phi) is 2.89. The van der Waals surface area contributed by atoms with E-state index in [1.807, 2.05) is 0 Å². The molecule has 0 atom stereocenters. The number of rotatable bonds is 1. The zero-order chi connectivity index (χ0) is 10.9. The Hall–Kier alpha value is -0.975. The molecular weight excluding hydrogens is 216 g/mol. The summed E-state index contributed by atoms with van der Waals surface area (Å²) in [5.74, 6) is 0. The van der Waals surface area contributed by atoms with Crippen LogP contribution in [0.25, 0.3) is 0 Å². The Bertz CT molecular complexity index is 417. The van der Waals surface area contributed by atoms with Crippen LogP contribution < -0.4 is 5.46 Å². The van der Waals surface area contributed by atoms with E-state index in [-0.39, 0.29) is 10.4 Å². The molecule has 1 aromatic rings. The molecule has 0 aromatic heterocycles. The van der Waals surface area contributed by atoms with Gasteiger partial charge < -0.3 is 0 Å². The molecule has 0 saturated carbocycles. The van der Waals surface area contributed by atoms with Crippen molar-refractivity contribution in [1.82, 2.24) is 0 Å². The van der Waals surface area contributed by atoms with Gasteiger partial charge in [-0.15, -0.1) is 0 Å². The van der Waals surface area contributed by atoms with Gasteiger partial charge in [-0.25, -0.2) is 8.42 Å². The van der Waals surface area contributed by atoms with Gasteiger partial charge in [0.1, 0.15) is 7.85 Å². The average Bonchev–Trinajstić information content (AvgIpc) is 2.01. The molecule has 0 heterocycles. The van der Waals surface area contributed by atoms with Crippen molar-refractivity contribution in [2.24, 2.45) is 0 Å². The summed E-state index contributed by atoms with van der Waals surface area (Å²) in [6, 6.07) is 2.54. The third kappa shape index (κ3) is 2.28. The van der Waals surface area contributed by atoms with Gasteiger partial charge in [0.25, 0.3) is 0 Å². The molecule has 7 heteroatoms. The lowest BCUT2D eigenvalue weighted by Crippen LogP contribution is -2.14. The second kappa shape index (κ2) is 3.64. The Balaban J connectivity index is 3.27. The van der Waals surface area contributed by atoms with Crippen molar-refractivity contribution in [2.75, 3.05) is 0 Å². The lowest BCUT2D eigenvalue weighted by molar-refractivity contribution is -0.137. The van der Waals surface area contributed by atoms with Crippen molar-refractivity contribution in [2.45, 2.75) is 11.1 Å². The summed E-state index contributed by atoms with van der Waals surface area (Å²) in [6.07, 6.45) is -4.43. The van der Waals surface area contributed by atoms with E-state index in [9.17, 15) is 21.6 Å². The van der Waals surface area contributed by atoms with Crippen LogP contribution in [0.1, 0.15) is 5.56 Å². The molecule has 14 heavy (non-hydrogen) atoms. The quantitative estimate of drug-likeness (QED) is 0.533. The topological polar surface area (TPSA) is 34.1 Å². The van der Waals surface area contributed by atoms with Crippen molar-refractivity contribution >= 4 is 24.0 Å². The minimum atomic E-state index is -4.43. The minimum Gasteiger partial charge on any atom is -0.227 e. The summed E-state index contributed by atoms with van der Waals surface area (Å²) < 4.78 is 57.5. The molecule has 0 radical (unpaired) electrons. The number of hydrogen-bond donors (Lipinski definition) is 1. The lowest BCUT2D eigenvalue weighted by Gasteiger charge is -2.07. The molecule has 0 aliphatic rings. The molecule has 0 aliphatic heterocycles. The smallest absolute Gasteiger partial charge is 0.227 e. The highest BCUT2D eigenvalue weighted by atomic mass is 32.2. The predicted octanol–water partition coefficient (Wildman–Crippen LogP) is -0.0659. The summed E-state index contributed by atoms with van der Waals surface area (Å²) in [7, 11) is -1.50. The summed E-state index contributed by atoms with van der Waals surface area (Å²) in [5, 5.41) is 0. The highest BCUT2D eigenvalue weighted by Crippen LogP contribution is 2.28. The minimum absolute atomic E-state index is 0.0759. The fraction of sp³-hybridized carbons (Fsp3) is 0.143. The van der Waals surface area contributed by atoms with Crippen LogP contribution in [0.5, 0.6) is 0 Å². The van der Waals surface area contributed by atoms with Gasteiger partial charge in [-0.3, -0.25) is 0 Å². The first-order chi connectivity index (χ1) is 6.32. The molecule has 0 bridgehead atoms. The maximum atomic E-state index is 12.1. The first-order valence-electron chi connectivity index (χ1n) is 3.64. The monoisotopic (exact) mass is 222 g/mol. The van der Waals surface area contributed by atoms with Crippen LogP contribution in [0.15, 0.2) is 23.1 Å². The molecule has 1 aromatic carbocycles. The third-order valence-corrected chi connectivity index (χ3v) is 2.62. The normalized spacial score (nSPS) is 12.0. The molecule has 1 rings (SSSR count). The summed E-state index contributed by atoms with van der Waals surface area (Å²) in [6.45, 7) is 0. The van der Waals surface area contributed by atoms with E-state index >= 15 is 0 Å². The zero-order valence-corrected chi connectivity index (χ0v) is 8.02. The van der Waals surface area contributed by atoms with E-state index in [2.05, 4.69) is 0 Å². The largest absolute Gasteiger partial charge is 0.416 e. The van der Waals surface area contributed by atoms with Gasteiger partial charge in [0.2, 0.25) is 0 Å². The van der Waals surface area contributed by atoms with Crippen LogP contribution in [0.3, 0.4) is 0 Å². The van der Waals surface area contributed by atoms with Gasteiger partial charge in [0.05, 0.1) is 10.5 Å². The molecule has 0 amide bonds. The third-order valence-electron chi connectivity index (χ3n) is 1.72. The van der Waals surface area contributed by atoms with Gasteiger partial charge in [-0.1, -0.05) is 11.5 Å². The Morgan fingerprint density at radius 3 is 2.14 bits per heavy atom. The van der Waals surface area contributed by atoms with Gasteiger partial charge in [-0.05, 0) is 12.1 Å². The van der Waals surface area contributed by atoms with Crippen LogP contribution in [-0.2, 0) is 16.9 Å². The maximum absolute atomic E-state index is 12.1. The number of halogens is 3. The molecule has 2 nitrogen and oxygen atoms in total. The van der Waals surface area contributed by atoms with Crippen LogP contribution in [0, 0.1) is 0 Å². The fourth-order valence-corrected chi connectivity index (χ4v) is 1.59. The van der Waals surface area contributed by atoms with E-state index < -0.39 is 22.4 Å². The highest BCUT2D eigenvalue weighted by Gasteiger charge is 2.30. The number of hydrogen-bond acceptors (Lipinski definition) is 2. The Morgan fingerprint density at radius 1 is 1.21 bits per heavy atom. The molecule has 0 aliphatic carbocycles. The lowest BCUT2D eigenvalue weighted by atomic mass is 9.94. The van der Waals surface area contributed by atoms with E-state index in [0.29, 0.717) is 0 Å². The first-order valence-corrected chi connectivity index (χ1v) is 4.82. The maximum Gasteiger partial charge on any atom is 0.416 e. The fourth-order valence-electron chi connectivity index (χ4n) is 1.04. The number of thiol groups is 1. The van der Waals surface area contributed by atoms with Crippen molar-refractivity contribution in [3.8, 4) is 0 Å². The van der Waals surface area contributed by atoms with Gasteiger partial charge >= 0.3 is 6.18 Å². The second-order valence-electron chi connectivity index (χ2n) is 2.76. The van der Waals surface area contributed by atoms with Crippen LogP contribution >= 0.6 is 0 Å². The van der Waals surface area contributed by atoms with E-state index in [0.717, 1.165) is 18.2 Å². The summed E-state index contributed by atoms with van der Waals surface area (Å²) in [5.41, 5.74) is -0.730. The van der Waals surface area contributed by atoms with Crippen LogP contribution in [-0.4, -0.2) is 16.3 Å². The van der Waals surface area contributed by atoms with Crippen molar-refractivity contribution < 1.29 is 21.6 Å². The SMILES string of the molecule is Bc1cc(C(F)(F)F)ccc1[SH](=O)=O. The molecule has 0 fully saturated rings. The van der Waals surface area contributed by atoms with Gasteiger partial charge in [-0.2, -0.15) is 13.2 Å². The predicted molar refractivity (Wildman–Crippen MR) is 48.2 cm³/mol. The Labute approximate surface area is 81.1 Å². The molecule has 0 unspecified atom stereocenters. The van der Waals surface area contributed by atoms with E-state index in [1.165, 1.54) is 7.85 Å². The average molecular weight is 222 g/mol. The molecule has 0 spiro atoms. The number of benzene rings is 1. The van der Waals surface area contributed by atoms with Gasteiger partial charge in [0, 0.05) is 0 Å².